The zero-order valence-corrected chi connectivity index (χ0v) is 9.44. The van der Waals surface area contributed by atoms with E-state index in [-0.39, 0.29) is 5.41 Å². The van der Waals surface area contributed by atoms with Gasteiger partial charge >= 0.3 is 0 Å². The minimum Gasteiger partial charge on any atom is -0.320 e. The fourth-order valence-electron chi connectivity index (χ4n) is 1.14. The lowest BCUT2D eigenvalue weighted by Gasteiger charge is -2.15. The highest BCUT2D eigenvalue weighted by molar-refractivity contribution is 5.83. The van der Waals surface area contributed by atoms with Crippen molar-refractivity contribution < 1.29 is 4.79 Å². The number of nitrogens with one attached hydrogen (secondary N) is 1. The number of ketones is 1. The minimum atomic E-state index is -0.150. The van der Waals surface area contributed by atoms with Crippen LogP contribution in [0.25, 0.3) is 0 Å². The van der Waals surface area contributed by atoms with Crippen molar-refractivity contribution in [3.8, 4) is 0 Å². The number of hydrogen-bond acceptors (Lipinski definition) is 2. The number of Topliss-reactive ketones (excluding diaryl/α,β-unsaturated/α-hetero) is 1. The monoisotopic (exact) mass is 185 g/mol. The summed E-state index contributed by atoms with van der Waals surface area (Å²) in [7, 11) is 1.96. The summed E-state index contributed by atoms with van der Waals surface area (Å²) >= 11 is 0. The fraction of sp³-hybridized carbons (Fsp3) is 0.909. The maximum atomic E-state index is 11.5. The molecule has 0 aliphatic heterocycles. The van der Waals surface area contributed by atoms with Crippen molar-refractivity contribution in [2.75, 3.05) is 13.6 Å². The molecule has 2 heteroatoms. The van der Waals surface area contributed by atoms with E-state index < -0.39 is 0 Å². The Morgan fingerprint density at radius 3 is 2.23 bits per heavy atom. The van der Waals surface area contributed by atoms with Crippen LogP contribution in [0.2, 0.25) is 0 Å². The molecule has 0 aromatic carbocycles. The van der Waals surface area contributed by atoms with Gasteiger partial charge in [0.2, 0.25) is 0 Å². The molecule has 0 unspecified atom stereocenters. The molecule has 0 rings (SSSR count). The molecule has 2 nitrogen and oxygen atoms in total. The van der Waals surface area contributed by atoms with Crippen molar-refractivity contribution in [2.24, 2.45) is 5.41 Å². The normalized spacial score (nSPS) is 11.7. The Bertz CT molecular complexity index is 147. The van der Waals surface area contributed by atoms with Crippen molar-refractivity contribution >= 4 is 5.78 Å². The molecule has 0 saturated heterocycles. The Balaban J connectivity index is 3.38. The SMILES string of the molecule is CNCCCCCC(=O)C(C)(C)C. The van der Waals surface area contributed by atoms with Gasteiger partial charge in [-0.1, -0.05) is 27.2 Å². The van der Waals surface area contributed by atoms with E-state index >= 15 is 0 Å². The van der Waals surface area contributed by atoms with Crippen molar-refractivity contribution in [3.63, 3.8) is 0 Å². The number of hydrogen-bond donors (Lipinski definition) is 1. The summed E-state index contributed by atoms with van der Waals surface area (Å²) in [5.41, 5.74) is -0.150. The molecule has 0 amide bonds. The predicted molar refractivity (Wildman–Crippen MR) is 56.9 cm³/mol. The average molecular weight is 185 g/mol. The molecule has 0 bridgehead atoms. The van der Waals surface area contributed by atoms with Gasteiger partial charge in [-0.3, -0.25) is 4.79 Å². The van der Waals surface area contributed by atoms with Crippen molar-refractivity contribution in [2.45, 2.75) is 46.5 Å². The molecular weight excluding hydrogens is 162 g/mol. The highest BCUT2D eigenvalue weighted by Crippen LogP contribution is 2.18. The maximum Gasteiger partial charge on any atom is 0.138 e. The molecule has 0 aromatic heterocycles. The van der Waals surface area contributed by atoms with Crippen LogP contribution in [-0.4, -0.2) is 19.4 Å². The van der Waals surface area contributed by atoms with Gasteiger partial charge in [0.1, 0.15) is 5.78 Å². The molecule has 78 valence electrons. The number of unbranched alkanes of at least 4 members (excludes halogenated alkanes) is 2. The van der Waals surface area contributed by atoms with Crippen LogP contribution >= 0.6 is 0 Å². The zero-order chi connectivity index (χ0) is 10.3. The first-order chi connectivity index (χ1) is 5.98. The summed E-state index contributed by atoms with van der Waals surface area (Å²) < 4.78 is 0. The van der Waals surface area contributed by atoms with Gasteiger partial charge < -0.3 is 5.32 Å². The van der Waals surface area contributed by atoms with Crippen LogP contribution in [0.3, 0.4) is 0 Å². The summed E-state index contributed by atoms with van der Waals surface area (Å²) in [6.07, 6.45) is 4.11. The number of carbonyl (C=O) groups excluding carboxylic acids is 1. The second-order valence-corrected chi connectivity index (χ2v) is 4.59. The lowest BCUT2D eigenvalue weighted by Crippen LogP contribution is -2.19. The lowest BCUT2D eigenvalue weighted by molar-refractivity contribution is -0.126. The van der Waals surface area contributed by atoms with Crippen molar-refractivity contribution in [3.05, 3.63) is 0 Å². The van der Waals surface area contributed by atoms with Gasteiger partial charge in [0.15, 0.2) is 0 Å². The van der Waals surface area contributed by atoms with Gasteiger partial charge in [0, 0.05) is 11.8 Å². The quantitative estimate of drug-likeness (QED) is 0.644. The third-order valence-electron chi connectivity index (χ3n) is 2.17. The van der Waals surface area contributed by atoms with Crippen LogP contribution in [0.5, 0.6) is 0 Å². The second-order valence-electron chi connectivity index (χ2n) is 4.59. The standard InChI is InChI=1S/C11H23NO/c1-11(2,3)10(13)8-6-5-7-9-12-4/h12H,5-9H2,1-4H3. The molecule has 0 fully saturated rings. The Morgan fingerprint density at radius 1 is 1.15 bits per heavy atom. The fourth-order valence-corrected chi connectivity index (χ4v) is 1.14. The van der Waals surface area contributed by atoms with E-state index in [1.165, 1.54) is 6.42 Å². The van der Waals surface area contributed by atoms with E-state index in [4.69, 9.17) is 0 Å². The summed E-state index contributed by atoms with van der Waals surface area (Å²) in [5.74, 6) is 0.386. The van der Waals surface area contributed by atoms with Crippen molar-refractivity contribution in [1.29, 1.82) is 0 Å². The van der Waals surface area contributed by atoms with Crippen LogP contribution in [0.15, 0.2) is 0 Å². The van der Waals surface area contributed by atoms with E-state index in [0.29, 0.717) is 5.78 Å². The van der Waals surface area contributed by atoms with Gasteiger partial charge in [0.25, 0.3) is 0 Å². The molecule has 1 N–H and O–H groups in total. The van der Waals surface area contributed by atoms with Crippen LogP contribution < -0.4 is 5.32 Å². The number of rotatable bonds is 6. The van der Waals surface area contributed by atoms with Crippen LogP contribution in [0.4, 0.5) is 0 Å². The van der Waals surface area contributed by atoms with Gasteiger partial charge in [-0.15, -0.1) is 0 Å². The summed E-state index contributed by atoms with van der Waals surface area (Å²) in [5, 5.41) is 3.10. The average Bonchev–Trinajstić information content (AvgIpc) is 2.02. The van der Waals surface area contributed by atoms with E-state index in [1.807, 2.05) is 27.8 Å². The van der Waals surface area contributed by atoms with Crippen molar-refractivity contribution in [1.82, 2.24) is 5.32 Å². The Hall–Kier alpha value is -0.370. The first-order valence-corrected chi connectivity index (χ1v) is 5.16. The van der Waals surface area contributed by atoms with E-state index in [2.05, 4.69) is 5.32 Å². The van der Waals surface area contributed by atoms with E-state index in [0.717, 1.165) is 25.8 Å². The van der Waals surface area contributed by atoms with Crippen LogP contribution in [0, 0.1) is 5.41 Å². The highest BCUT2D eigenvalue weighted by Gasteiger charge is 2.19. The molecule has 0 aromatic rings. The topological polar surface area (TPSA) is 29.1 Å². The molecular formula is C11H23NO. The lowest BCUT2D eigenvalue weighted by atomic mass is 9.88. The molecule has 0 atom stereocenters. The molecule has 13 heavy (non-hydrogen) atoms. The number of carbonyl (C=O) groups is 1. The predicted octanol–water partition coefficient (Wildman–Crippen LogP) is 2.38. The first kappa shape index (κ1) is 12.6. The van der Waals surface area contributed by atoms with Crippen LogP contribution in [-0.2, 0) is 4.79 Å². The largest absolute Gasteiger partial charge is 0.320 e. The molecule has 0 aliphatic rings. The zero-order valence-electron chi connectivity index (χ0n) is 9.44. The smallest absolute Gasteiger partial charge is 0.138 e. The summed E-state index contributed by atoms with van der Waals surface area (Å²) in [6.45, 7) is 7.03. The van der Waals surface area contributed by atoms with Crippen LogP contribution in [0.1, 0.15) is 46.5 Å². The Morgan fingerprint density at radius 2 is 1.77 bits per heavy atom. The molecule has 0 aliphatic carbocycles. The van der Waals surface area contributed by atoms with Gasteiger partial charge in [-0.25, -0.2) is 0 Å². The maximum absolute atomic E-state index is 11.5. The highest BCUT2D eigenvalue weighted by atomic mass is 16.1. The van der Waals surface area contributed by atoms with E-state index in [9.17, 15) is 4.79 Å². The molecule has 0 saturated carbocycles. The third kappa shape index (κ3) is 6.76. The minimum absolute atomic E-state index is 0.150. The molecule has 0 heterocycles. The Kier molecular flexibility index (Phi) is 5.97. The first-order valence-electron chi connectivity index (χ1n) is 5.16. The van der Waals surface area contributed by atoms with Gasteiger partial charge in [-0.2, -0.15) is 0 Å². The van der Waals surface area contributed by atoms with Gasteiger partial charge in [-0.05, 0) is 26.4 Å². The second kappa shape index (κ2) is 6.14. The van der Waals surface area contributed by atoms with E-state index in [1.54, 1.807) is 0 Å². The Labute approximate surface area is 82.1 Å². The molecule has 0 spiro atoms. The van der Waals surface area contributed by atoms with Gasteiger partial charge in [0.05, 0.1) is 0 Å². The summed E-state index contributed by atoms with van der Waals surface area (Å²) in [4.78, 5) is 11.5. The molecule has 0 radical (unpaired) electrons. The third-order valence-corrected chi connectivity index (χ3v) is 2.17. The summed E-state index contributed by atoms with van der Waals surface area (Å²) in [6, 6.07) is 0.